The van der Waals surface area contributed by atoms with Crippen molar-refractivity contribution in [3.8, 4) is 0 Å². The van der Waals surface area contributed by atoms with Crippen molar-refractivity contribution in [1.82, 2.24) is 4.90 Å². The van der Waals surface area contributed by atoms with Crippen molar-refractivity contribution in [2.24, 2.45) is 0 Å². The monoisotopic (exact) mass is 341 g/mol. The number of halogens is 2. The summed E-state index contributed by atoms with van der Waals surface area (Å²) in [6.07, 6.45) is 0.0548. The van der Waals surface area contributed by atoms with Gasteiger partial charge in [-0.1, -0.05) is 0 Å². The van der Waals surface area contributed by atoms with Gasteiger partial charge in [-0.3, -0.25) is 0 Å². The van der Waals surface area contributed by atoms with Gasteiger partial charge < -0.3 is 14.4 Å². The molecule has 0 unspecified atom stereocenters. The van der Waals surface area contributed by atoms with Crippen molar-refractivity contribution < 1.29 is 27.8 Å². The van der Waals surface area contributed by atoms with Gasteiger partial charge in [-0.2, -0.15) is 0 Å². The van der Waals surface area contributed by atoms with Crippen LogP contribution in [0.15, 0.2) is 18.2 Å². The molecule has 1 fully saturated rings. The summed E-state index contributed by atoms with van der Waals surface area (Å²) < 4.78 is 37.0. The number of amides is 1. The zero-order chi connectivity index (χ0) is 17.9. The number of hydrogen-bond donors (Lipinski definition) is 0. The molecule has 0 aromatic heterocycles. The zero-order valence-corrected chi connectivity index (χ0v) is 14.0. The number of carbonyl (C=O) groups is 2. The number of ether oxygens (including phenoxy) is 2. The Balaban J connectivity index is 1.86. The molecule has 132 valence electrons. The molecule has 1 aliphatic rings. The van der Waals surface area contributed by atoms with Gasteiger partial charge in [-0.05, 0) is 32.9 Å². The topological polar surface area (TPSA) is 55.8 Å². The van der Waals surface area contributed by atoms with E-state index in [1.807, 2.05) is 0 Å². The summed E-state index contributed by atoms with van der Waals surface area (Å²) in [7, 11) is 0. The normalized spacial score (nSPS) is 16.0. The maximum absolute atomic E-state index is 13.6. The number of nitrogens with zero attached hydrogens (tertiary/aromatic N) is 1. The second-order valence-electron chi connectivity index (χ2n) is 6.70. The second-order valence-corrected chi connectivity index (χ2v) is 6.70. The van der Waals surface area contributed by atoms with Gasteiger partial charge in [-0.15, -0.1) is 0 Å². The van der Waals surface area contributed by atoms with Crippen molar-refractivity contribution in [3.05, 3.63) is 35.4 Å². The van der Waals surface area contributed by atoms with E-state index < -0.39 is 35.4 Å². The second kappa shape index (κ2) is 7.15. The van der Waals surface area contributed by atoms with Gasteiger partial charge in [0, 0.05) is 32.0 Å². The Morgan fingerprint density at radius 1 is 1.17 bits per heavy atom. The summed E-state index contributed by atoms with van der Waals surface area (Å²) >= 11 is 0. The van der Waals surface area contributed by atoms with Crippen LogP contribution in [0.5, 0.6) is 0 Å². The zero-order valence-electron chi connectivity index (χ0n) is 14.0. The Morgan fingerprint density at radius 3 is 2.33 bits per heavy atom. The molecule has 0 radical (unpaired) electrons. The lowest BCUT2D eigenvalue weighted by atomic mass is 10.1. The molecule has 24 heavy (non-hydrogen) atoms. The fraction of sp³-hybridized carbons (Fsp3) is 0.529. The number of benzene rings is 1. The average Bonchev–Trinajstić information content (AvgIpc) is 2.45. The van der Waals surface area contributed by atoms with E-state index in [1.54, 1.807) is 25.7 Å². The van der Waals surface area contributed by atoms with Crippen molar-refractivity contribution in [2.45, 2.75) is 45.3 Å². The molecule has 0 bridgehead atoms. The molecule has 1 aromatic carbocycles. The van der Waals surface area contributed by atoms with Crippen LogP contribution in [-0.4, -0.2) is 41.8 Å². The van der Waals surface area contributed by atoms with Crippen LogP contribution < -0.4 is 0 Å². The predicted octanol–water partition coefficient (Wildman–Crippen LogP) is 3.52. The number of likely N-dealkylation sites (tertiary alicyclic amines) is 1. The summed E-state index contributed by atoms with van der Waals surface area (Å²) in [6.45, 7) is 6.14. The first-order valence-corrected chi connectivity index (χ1v) is 7.79. The van der Waals surface area contributed by atoms with Gasteiger partial charge in [0.25, 0.3) is 0 Å². The third kappa shape index (κ3) is 4.91. The van der Waals surface area contributed by atoms with Crippen LogP contribution in [0.1, 0.15) is 44.0 Å². The lowest BCUT2D eigenvalue weighted by Crippen LogP contribution is -2.43. The lowest BCUT2D eigenvalue weighted by Gasteiger charge is -2.33. The van der Waals surface area contributed by atoms with Crippen molar-refractivity contribution in [1.29, 1.82) is 0 Å². The summed E-state index contributed by atoms with van der Waals surface area (Å²) in [4.78, 5) is 25.5. The first-order chi connectivity index (χ1) is 11.2. The molecule has 1 saturated heterocycles. The maximum atomic E-state index is 13.6. The molecule has 1 aromatic rings. The highest BCUT2D eigenvalue weighted by Crippen LogP contribution is 2.19. The van der Waals surface area contributed by atoms with Gasteiger partial charge in [0.15, 0.2) is 0 Å². The Kier molecular flexibility index (Phi) is 5.41. The molecule has 2 rings (SSSR count). The molecule has 0 atom stereocenters. The van der Waals surface area contributed by atoms with Crippen molar-refractivity contribution in [3.63, 3.8) is 0 Å². The molecule has 7 heteroatoms. The fourth-order valence-electron chi connectivity index (χ4n) is 2.35. The quantitative estimate of drug-likeness (QED) is 0.773. The van der Waals surface area contributed by atoms with E-state index >= 15 is 0 Å². The number of esters is 1. The highest BCUT2D eigenvalue weighted by Gasteiger charge is 2.29. The van der Waals surface area contributed by atoms with E-state index in [9.17, 15) is 18.4 Å². The summed E-state index contributed by atoms with van der Waals surface area (Å²) in [6, 6.07) is 2.70. The molecular formula is C17H21F2NO4. The Morgan fingerprint density at radius 2 is 1.79 bits per heavy atom. The van der Waals surface area contributed by atoms with Crippen LogP contribution in [0.4, 0.5) is 13.6 Å². The van der Waals surface area contributed by atoms with E-state index in [1.165, 1.54) is 0 Å². The average molecular weight is 341 g/mol. The predicted molar refractivity (Wildman–Crippen MR) is 82.6 cm³/mol. The van der Waals surface area contributed by atoms with Crippen LogP contribution in [-0.2, 0) is 9.47 Å². The van der Waals surface area contributed by atoms with Gasteiger partial charge in [0.05, 0.1) is 5.56 Å². The van der Waals surface area contributed by atoms with Crippen molar-refractivity contribution >= 4 is 12.1 Å². The molecule has 1 heterocycles. The molecular weight excluding hydrogens is 320 g/mol. The number of rotatable bonds is 2. The smallest absolute Gasteiger partial charge is 0.410 e. The minimum atomic E-state index is -0.953. The van der Waals surface area contributed by atoms with Crippen LogP contribution in [0.25, 0.3) is 0 Å². The Bertz CT molecular complexity index is 620. The number of hydrogen-bond acceptors (Lipinski definition) is 4. The molecule has 0 aliphatic carbocycles. The Labute approximate surface area is 139 Å². The molecule has 5 nitrogen and oxygen atoms in total. The molecule has 1 amide bonds. The van der Waals surface area contributed by atoms with Gasteiger partial charge in [0.1, 0.15) is 23.3 Å². The standard InChI is InChI=1S/C17H21F2NO4/c1-17(2,3)24-16(22)20-8-6-12(7-9-20)23-15(21)13-5-4-11(18)10-14(13)19/h4-5,10,12H,6-9H2,1-3H3. The minimum Gasteiger partial charge on any atom is -0.459 e. The summed E-state index contributed by atoms with van der Waals surface area (Å²) in [5.74, 6) is -2.54. The highest BCUT2D eigenvalue weighted by molar-refractivity contribution is 5.89. The lowest BCUT2D eigenvalue weighted by molar-refractivity contribution is -0.00360. The van der Waals surface area contributed by atoms with Crippen LogP contribution in [0.2, 0.25) is 0 Å². The third-order valence-electron chi connectivity index (χ3n) is 3.52. The molecule has 1 aliphatic heterocycles. The van der Waals surface area contributed by atoms with Crippen LogP contribution in [0, 0.1) is 11.6 Å². The van der Waals surface area contributed by atoms with E-state index in [-0.39, 0.29) is 5.56 Å². The summed E-state index contributed by atoms with van der Waals surface area (Å²) in [5, 5.41) is 0. The first kappa shape index (κ1) is 18.2. The first-order valence-electron chi connectivity index (χ1n) is 7.79. The fourth-order valence-corrected chi connectivity index (χ4v) is 2.35. The molecule has 0 spiro atoms. The largest absolute Gasteiger partial charge is 0.459 e. The minimum absolute atomic E-state index is 0.300. The highest BCUT2D eigenvalue weighted by atomic mass is 19.1. The third-order valence-corrected chi connectivity index (χ3v) is 3.52. The molecule has 0 saturated carbocycles. The van der Waals surface area contributed by atoms with Gasteiger partial charge >= 0.3 is 12.1 Å². The molecule has 0 N–H and O–H groups in total. The van der Waals surface area contributed by atoms with E-state index in [4.69, 9.17) is 9.47 Å². The number of carbonyl (C=O) groups excluding carboxylic acids is 2. The SMILES string of the molecule is CC(C)(C)OC(=O)N1CCC(OC(=O)c2ccc(F)cc2F)CC1. The van der Waals surface area contributed by atoms with Crippen LogP contribution >= 0.6 is 0 Å². The van der Waals surface area contributed by atoms with Crippen molar-refractivity contribution in [2.75, 3.05) is 13.1 Å². The van der Waals surface area contributed by atoms with E-state index in [2.05, 4.69) is 0 Å². The van der Waals surface area contributed by atoms with E-state index in [0.717, 1.165) is 12.1 Å². The Hall–Kier alpha value is -2.18. The van der Waals surface area contributed by atoms with Crippen LogP contribution in [0.3, 0.4) is 0 Å². The van der Waals surface area contributed by atoms with E-state index in [0.29, 0.717) is 32.0 Å². The van der Waals surface area contributed by atoms with Gasteiger partial charge in [-0.25, -0.2) is 18.4 Å². The maximum Gasteiger partial charge on any atom is 0.410 e. The number of piperidine rings is 1. The summed E-state index contributed by atoms with van der Waals surface area (Å²) in [5.41, 5.74) is -0.869. The van der Waals surface area contributed by atoms with Gasteiger partial charge in [0.2, 0.25) is 0 Å².